The standard InChI is InChI=1S/C14H30O3S/c1-3-4-5-6-7-8-9-10-11-12-13-14(2)18(15,16)17/h14H,3-13H2,1-2H3,(H,15,16,17). The summed E-state index contributed by atoms with van der Waals surface area (Å²) in [6.07, 6.45) is 13.0. The summed E-state index contributed by atoms with van der Waals surface area (Å²) in [5, 5.41) is -0.605. The summed E-state index contributed by atoms with van der Waals surface area (Å²) in [5.41, 5.74) is 0. The predicted octanol–water partition coefficient (Wildman–Crippen LogP) is 4.57. The Balaban J connectivity index is 3.22. The van der Waals surface area contributed by atoms with Gasteiger partial charge in [-0.3, -0.25) is 4.55 Å². The first-order chi connectivity index (χ1) is 8.48. The zero-order chi connectivity index (χ0) is 13.9. The minimum atomic E-state index is -3.81. The normalized spacial score (nSPS) is 13.7. The highest BCUT2D eigenvalue weighted by Crippen LogP contribution is 2.13. The lowest BCUT2D eigenvalue weighted by Crippen LogP contribution is -2.16. The molecule has 4 heteroatoms. The number of rotatable bonds is 12. The summed E-state index contributed by atoms with van der Waals surface area (Å²) in [6.45, 7) is 3.80. The number of hydrogen-bond donors (Lipinski definition) is 1. The highest BCUT2D eigenvalue weighted by Gasteiger charge is 2.15. The van der Waals surface area contributed by atoms with Crippen LogP contribution in [0.25, 0.3) is 0 Å². The van der Waals surface area contributed by atoms with Crippen molar-refractivity contribution >= 4 is 10.1 Å². The van der Waals surface area contributed by atoms with E-state index in [1.807, 2.05) is 0 Å². The molecule has 1 unspecified atom stereocenters. The van der Waals surface area contributed by atoms with E-state index in [1.165, 1.54) is 51.4 Å². The molecule has 0 aromatic rings. The Bertz CT molecular complexity index is 273. The largest absolute Gasteiger partial charge is 0.285 e. The van der Waals surface area contributed by atoms with Crippen molar-refractivity contribution in [1.29, 1.82) is 0 Å². The van der Waals surface area contributed by atoms with Crippen LogP contribution in [0.4, 0.5) is 0 Å². The van der Waals surface area contributed by atoms with Gasteiger partial charge >= 0.3 is 0 Å². The maximum absolute atomic E-state index is 10.8. The molecule has 0 aliphatic heterocycles. The molecule has 0 fully saturated rings. The van der Waals surface area contributed by atoms with E-state index < -0.39 is 15.4 Å². The fourth-order valence-electron chi connectivity index (χ4n) is 2.07. The second-order valence-corrected chi connectivity index (χ2v) is 7.13. The van der Waals surface area contributed by atoms with Gasteiger partial charge in [0.05, 0.1) is 5.25 Å². The summed E-state index contributed by atoms with van der Waals surface area (Å²) in [4.78, 5) is 0. The molecule has 0 aliphatic rings. The molecule has 3 nitrogen and oxygen atoms in total. The van der Waals surface area contributed by atoms with Gasteiger partial charge in [0.25, 0.3) is 10.1 Å². The van der Waals surface area contributed by atoms with Gasteiger partial charge in [-0.15, -0.1) is 0 Å². The molecule has 1 N–H and O–H groups in total. The SMILES string of the molecule is CCCCCCCCCCCCC(C)S(=O)(=O)O. The van der Waals surface area contributed by atoms with Gasteiger partial charge in [-0.05, 0) is 13.3 Å². The van der Waals surface area contributed by atoms with Crippen molar-refractivity contribution < 1.29 is 13.0 Å². The van der Waals surface area contributed by atoms with E-state index in [0.717, 1.165) is 12.8 Å². The van der Waals surface area contributed by atoms with Gasteiger partial charge in [0.2, 0.25) is 0 Å². The predicted molar refractivity (Wildman–Crippen MR) is 77.5 cm³/mol. The van der Waals surface area contributed by atoms with Crippen LogP contribution in [0.2, 0.25) is 0 Å². The summed E-state index contributed by atoms with van der Waals surface area (Å²) < 4.78 is 30.4. The Morgan fingerprint density at radius 1 is 0.833 bits per heavy atom. The molecule has 0 aromatic heterocycles. The zero-order valence-corrected chi connectivity index (χ0v) is 12.8. The first-order valence-electron chi connectivity index (χ1n) is 7.44. The van der Waals surface area contributed by atoms with Crippen molar-refractivity contribution in [2.75, 3.05) is 0 Å². The van der Waals surface area contributed by atoms with E-state index in [9.17, 15) is 8.42 Å². The molecule has 0 heterocycles. The summed E-state index contributed by atoms with van der Waals surface area (Å²) >= 11 is 0. The van der Waals surface area contributed by atoms with Crippen LogP contribution in [0.1, 0.15) is 84.5 Å². The smallest absolute Gasteiger partial charge is 0.267 e. The number of hydrogen-bond acceptors (Lipinski definition) is 2. The van der Waals surface area contributed by atoms with Gasteiger partial charge in [-0.25, -0.2) is 0 Å². The van der Waals surface area contributed by atoms with Gasteiger partial charge in [0.1, 0.15) is 0 Å². The third kappa shape index (κ3) is 11.0. The molecule has 110 valence electrons. The first kappa shape index (κ1) is 17.9. The van der Waals surface area contributed by atoms with Crippen LogP contribution >= 0.6 is 0 Å². The topological polar surface area (TPSA) is 54.4 Å². The Kier molecular flexibility index (Phi) is 10.7. The average molecular weight is 278 g/mol. The molecule has 18 heavy (non-hydrogen) atoms. The van der Waals surface area contributed by atoms with Gasteiger partial charge in [-0.1, -0.05) is 71.1 Å². The van der Waals surface area contributed by atoms with Crippen LogP contribution in [-0.2, 0) is 10.1 Å². The Labute approximate surface area is 113 Å². The van der Waals surface area contributed by atoms with Gasteiger partial charge in [0, 0.05) is 0 Å². The van der Waals surface area contributed by atoms with Crippen LogP contribution in [-0.4, -0.2) is 18.2 Å². The lowest BCUT2D eigenvalue weighted by Gasteiger charge is -2.07. The molecule has 0 saturated carbocycles. The minimum absolute atomic E-state index is 0.579. The lowest BCUT2D eigenvalue weighted by molar-refractivity contribution is 0.461. The maximum Gasteiger partial charge on any atom is 0.267 e. The van der Waals surface area contributed by atoms with Crippen molar-refractivity contribution in [3.63, 3.8) is 0 Å². The third-order valence-corrected chi connectivity index (χ3v) is 4.73. The fraction of sp³-hybridized carbons (Fsp3) is 1.00. The molecule has 0 aromatic carbocycles. The van der Waals surface area contributed by atoms with E-state index in [2.05, 4.69) is 6.92 Å². The van der Waals surface area contributed by atoms with Crippen LogP contribution in [0.3, 0.4) is 0 Å². The molecule has 0 aliphatic carbocycles. The number of unbranched alkanes of at least 4 members (excludes halogenated alkanes) is 9. The fourth-order valence-corrected chi connectivity index (χ4v) is 2.53. The van der Waals surface area contributed by atoms with Crippen LogP contribution < -0.4 is 0 Å². The van der Waals surface area contributed by atoms with Crippen molar-refractivity contribution in [1.82, 2.24) is 0 Å². The quantitative estimate of drug-likeness (QED) is 0.420. The molecule has 0 radical (unpaired) electrons. The summed E-state index contributed by atoms with van der Waals surface area (Å²) in [7, 11) is -3.81. The van der Waals surface area contributed by atoms with E-state index in [0.29, 0.717) is 6.42 Å². The van der Waals surface area contributed by atoms with E-state index in [1.54, 1.807) is 6.92 Å². The second-order valence-electron chi connectivity index (χ2n) is 5.30. The van der Waals surface area contributed by atoms with E-state index in [4.69, 9.17) is 4.55 Å². The highest BCUT2D eigenvalue weighted by atomic mass is 32.2. The van der Waals surface area contributed by atoms with Gasteiger partial charge in [-0.2, -0.15) is 8.42 Å². The molecule has 0 amide bonds. The highest BCUT2D eigenvalue weighted by molar-refractivity contribution is 7.86. The Morgan fingerprint density at radius 2 is 1.22 bits per heavy atom. The van der Waals surface area contributed by atoms with Crippen molar-refractivity contribution in [3.05, 3.63) is 0 Å². The first-order valence-corrected chi connectivity index (χ1v) is 8.95. The Hall–Kier alpha value is -0.0900. The Morgan fingerprint density at radius 3 is 1.61 bits per heavy atom. The summed E-state index contributed by atoms with van der Waals surface area (Å²) in [6, 6.07) is 0. The molecular weight excluding hydrogens is 248 g/mol. The van der Waals surface area contributed by atoms with Crippen molar-refractivity contribution in [2.24, 2.45) is 0 Å². The molecular formula is C14H30O3S. The monoisotopic (exact) mass is 278 g/mol. The van der Waals surface area contributed by atoms with Crippen LogP contribution in [0.15, 0.2) is 0 Å². The van der Waals surface area contributed by atoms with Crippen LogP contribution in [0, 0.1) is 0 Å². The molecule has 0 rings (SSSR count). The summed E-state index contributed by atoms with van der Waals surface area (Å²) in [5.74, 6) is 0. The van der Waals surface area contributed by atoms with E-state index >= 15 is 0 Å². The lowest BCUT2D eigenvalue weighted by atomic mass is 10.1. The van der Waals surface area contributed by atoms with Crippen molar-refractivity contribution in [2.45, 2.75) is 89.7 Å². The maximum atomic E-state index is 10.8. The molecule has 0 bridgehead atoms. The van der Waals surface area contributed by atoms with Gasteiger partial charge in [0.15, 0.2) is 0 Å². The van der Waals surface area contributed by atoms with Gasteiger partial charge < -0.3 is 0 Å². The molecule has 0 saturated heterocycles. The second kappa shape index (κ2) is 10.8. The van der Waals surface area contributed by atoms with Crippen molar-refractivity contribution in [3.8, 4) is 0 Å². The molecule has 1 atom stereocenters. The average Bonchev–Trinajstić information content (AvgIpc) is 2.30. The minimum Gasteiger partial charge on any atom is -0.285 e. The third-order valence-electron chi connectivity index (χ3n) is 3.47. The zero-order valence-electron chi connectivity index (χ0n) is 12.0. The van der Waals surface area contributed by atoms with Crippen LogP contribution in [0.5, 0.6) is 0 Å². The molecule has 0 spiro atoms. The van der Waals surface area contributed by atoms with E-state index in [-0.39, 0.29) is 0 Å².